The molecule has 1 aliphatic rings. The minimum atomic E-state index is -6.04. The Morgan fingerprint density at radius 3 is 1.19 bits per heavy atom. The van der Waals surface area contributed by atoms with Crippen LogP contribution in [0.2, 0.25) is 0 Å². The molecule has 0 saturated carbocycles. The number of nitrogens with zero attached hydrogens (tertiary/aromatic N) is 2. The van der Waals surface area contributed by atoms with E-state index >= 15 is 0 Å². The van der Waals surface area contributed by atoms with Crippen LogP contribution in [0.5, 0.6) is 0 Å². The molecule has 1 aliphatic heterocycles. The fourth-order valence-corrected chi connectivity index (χ4v) is 6.05. The fraction of sp³-hybridized carbons (Fsp3) is 0.714. The Hall–Kier alpha value is -0.140. The van der Waals surface area contributed by atoms with E-state index in [9.17, 15) is 38.3 Å². The largest absolute Gasteiger partial charge is 0.776 e. The minimum Gasteiger partial charge on any atom is -0.776 e. The normalized spacial score (nSPS) is 24.8. The Balaban J connectivity index is 3.05. The lowest BCUT2D eigenvalue weighted by molar-refractivity contribution is -0.207. The van der Waals surface area contributed by atoms with Crippen LogP contribution in [-0.4, -0.2) is 79.3 Å². The van der Waals surface area contributed by atoms with E-state index in [0.29, 0.717) is 9.80 Å². The van der Waals surface area contributed by atoms with E-state index in [4.69, 9.17) is 29.4 Å². The minimum absolute atomic E-state index is 0.618. The second kappa shape index (κ2) is 7.28. The summed E-state index contributed by atoms with van der Waals surface area (Å²) in [4.78, 5) is 77.5. The first-order chi connectivity index (χ1) is 11.7. The zero-order valence-electron chi connectivity index (χ0n) is 13.0. The maximum Gasteiger partial charge on any atom is 0.367 e. The molecule has 160 valence electrons. The first-order valence-electron chi connectivity index (χ1n) is 6.46. The third kappa shape index (κ3) is 4.89. The molecule has 27 heavy (non-hydrogen) atoms. The molecule has 20 heteroatoms. The quantitative estimate of drug-likeness (QED) is 0.154. The highest BCUT2D eigenvalue weighted by molar-refractivity contribution is 7.71. The van der Waals surface area contributed by atoms with Crippen molar-refractivity contribution in [2.75, 3.05) is 19.8 Å². The molecular weight excluding hydrogens is 460 g/mol. The Morgan fingerprint density at radius 2 is 1.00 bits per heavy atom. The second-order valence-corrected chi connectivity index (χ2v) is 13.5. The molecule has 16 nitrogen and oxygen atoms in total. The molecule has 8 N–H and O–H groups in total. The molecule has 0 radical (unpaired) electrons. The van der Waals surface area contributed by atoms with Gasteiger partial charge in [-0.15, -0.1) is 0 Å². The summed E-state index contributed by atoms with van der Waals surface area (Å²) in [5.74, 6) is 0. The molecular formula is C7H16N2O14P4-2. The molecule has 1 rings (SSSR count). The van der Waals surface area contributed by atoms with Gasteiger partial charge in [0.15, 0.2) is 15.2 Å². The highest BCUT2D eigenvalue weighted by atomic mass is 31.2. The van der Waals surface area contributed by atoms with E-state index in [0.717, 1.165) is 12.4 Å². The highest BCUT2D eigenvalue weighted by Gasteiger charge is 2.56. The van der Waals surface area contributed by atoms with E-state index in [1.165, 1.54) is 0 Å². The van der Waals surface area contributed by atoms with E-state index < -0.39 is 60.3 Å². The van der Waals surface area contributed by atoms with Crippen LogP contribution in [0.4, 0.5) is 0 Å². The lowest BCUT2D eigenvalue weighted by Gasteiger charge is -2.40. The van der Waals surface area contributed by atoms with Crippen LogP contribution in [-0.2, 0) is 18.3 Å². The number of rotatable bonds is 8. The summed E-state index contributed by atoms with van der Waals surface area (Å²) in [5.41, 5.74) is 0. The van der Waals surface area contributed by atoms with Crippen LogP contribution in [0.3, 0.4) is 0 Å². The molecule has 0 fully saturated rings. The van der Waals surface area contributed by atoms with Gasteiger partial charge in [-0.25, -0.2) is 0 Å². The van der Waals surface area contributed by atoms with Crippen LogP contribution in [0.1, 0.15) is 0 Å². The summed E-state index contributed by atoms with van der Waals surface area (Å²) < 4.78 is 44.9. The van der Waals surface area contributed by atoms with Crippen molar-refractivity contribution in [3.63, 3.8) is 0 Å². The third-order valence-corrected chi connectivity index (χ3v) is 10.8. The van der Waals surface area contributed by atoms with Crippen molar-refractivity contribution < 1.29 is 67.6 Å². The second-order valence-electron chi connectivity index (χ2n) is 5.61. The smallest absolute Gasteiger partial charge is 0.367 e. The van der Waals surface area contributed by atoms with Crippen molar-refractivity contribution in [3.8, 4) is 0 Å². The average Bonchev–Trinajstić information content (AvgIpc) is 2.80. The van der Waals surface area contributed by atoms with Crippen LogP contribution >= 0.6 is 30.4 Å². The van der Waals surface area contributed by atoms with Gasteiger partial charge in [-0.3, -0.25) is 9.13 Å². The summed E-state index contributed by atoms with van der Waals surface area (Å²) in [5, 5.41) is 11.6. The average molecular weight is 476 g/mol. The predicted molar refractivity (Wildman–Crippen MR) is 81.1 cm³/mol. The van der Waals surface area contributed by atoms with E-state index in [-0.39, 0.29) is 0 Å². The Kier molecular flexibility index (Phi) is 6.71. The number of β-amino-alcohol motifs (C(OH)–C–C–N with tert-alkyl or cyclic N) is 2. The maximum absolute atomic E-state index is 11.3. The van der Waals surface area contributed by atoms with Gasteiger partial charge in [0, 0.05) is 12.4 Å². The van der Waals surface area contributed by atoms with E-state index in [1.807, 2.05) is 0 Å². The zero-order chi connectivity index (χ0) is 21.7. The van der Waals surface area contributed by atoms with E-state index in [2.05, 4.69) is 0 Å². The molecule has 4 unspecified atom stereocenters. The Bertz CT molecular complexity index is 679. The van der Waals surface area contributed by atoms with Crippen LogP contribution in [0.25, 0.3) is 0 Å². The summed E-state index contributed by atoms with van der Waals surface area (Å²) >= 11 is 0. The summed E-state index contributed by atoms with van der Waals surface area (Å²) in [7, 11) is -23.8. The molecule has 1 heterocycles. The molecule has 0 aromatic rings. The van der Waals surface area contributed by atoms with Crippen LogP contribution < -0.4 is 9.79 Å². The lowest BCUT2D eigenvalue weighted by atomic mass is 10.5. The topological polar surface area (TPSA) is 283 Å². The predicted octanol–water partition coefficient (Wildman–Crippen LogP) is -4.23. The van der Waals surface area contributed by atoms with Gasteiger partial charge in [-0.1, -0.05) is 0 Å². The van der Waals surface area contributed by atoms with Crippen molar-refractivity contribution in [1.29, 1.82) is 0 Å². The van der Waals surface area contributed by atoms with Crippen LogP contribution in [0.15, 0.2) is 12.4 Å². The number of hydrogen-bond acceptors (Lipinski definition) is 10. The lowest BCUT2D eigenvalue weighted by Crippen LogP contribution is -2.47. The maximum atomic E-state index is 11.3. The summed E-state index contributed by atoms with van der Waals surface area (Å²) in [6.45, 7) is -3.60. The van der Waals surface area contributed by atoms with Gasteiger partial charge in [-0.05, 0) is 0 Å². The SMILES string of the molecule is O=P([O-])(O)C(O)(CN1C=CN(CC(O)(P(=O)([O-])O)P(=O)(O)O)C1)P(=O)(O)O. The van der Waals surface area contributed by atoms with Crippen molar-refractivity contribution in [2.45, 2.75) is 10.2 Å². The number of hydrogen-bond donors (Lipinski definition) is 8. The van der Waals surface area contributed by atoms with Gasteiger partial charge in [0.1, 0.15) is 0 Å². The van der Waals surface area contributed by atoms with Crippen molar-refractivity contribution in [3.05, 3.63) is 12.4 Å². The van der Waals surface area contributed by atoms with Gasteiger partial charge in [0.05, 0.1) is 19.8 Å². The standard InChI is InChI=1S/C7H18N2O14P4/c10-6(24(12,13)14,25(15,16)17)3-8-1-2-9(5-8)4-7(11,26(18,19)20)27(21,22)23/h1-2,10-11H,3-5H2,(H2,12,13,14)(H2,15,16,17)(H2,18,19,20)(H2,21,22,23)/p-2. The van der Waals surface area contributed by atoms with Gasteiger partial charge >= 0.3 is 15.2 Å². The van der Waals surface area contributed by atoms with Gasteiger partial charge < -0.3 is 68.3 Å². The van der Waals surface area contributed by atoms with Crippen molar-refractivity contribution >= 4 is 30.4 Å². The van der Waals surface area contributed by atoms with Gasteiger partial charge in [-0.2, -0.15) is 0 Å². The van der Waals surface area contributed by atoms with E-state index in [1.54, 1.807) is 0 Å². The van der Waals surface area contributed by atoms with Gasteiger partial charge in [0.2, 0.25) is 10.2 Å². The fourth-order valence-electron chi connectivity index (χ4n) is 1.96. The summed E-state index contributed by atoms with van der Waals surface area (Å²) in [6.07, 6.45) is 1.62. The van der Waals surface area contributed by atoms with Crippen molar-refractivity contribution in [1.82, 2.24) is 9.80 Å². The molecule has 0 aliphatic carbocycles. The monoisotopic (exact) mass is 476 g/mol. The molecule has 4 atom stereocenters. The van der Waals surface area contributed by atoms with Crippen LogP contribution in [0, 0.1) is 0 Å². The van der Waals surface area contributed by atoms with Gasteiger partial charge in [0.25, 0.3) is 0 Å². The molecule has 0 bridgehead atoms. The molecule has 0 spiro atoms. The molecule has 0 aromatic carbocycles. The first-order valence-corrected chi connectivity index (χ1v) is 12.8. The Labute approximate surface area is 151 Å². The van der Waals surface area contributed by atoms with Crippen molar-refractivity contribution in [2.24, 2.45) is 0 Å². The third-order valence-electron chi connectivity index (χ3n) is 3.52. The highest BCUT2D eigenvalue weighted by Crippen LogP contribution is 2.66. The zero-order valence-corrected chi connectivity index (χ0v) is 16.6. The summed E-state index contributed by atoms with van der Waals surface area (Å²) in [6, 6.07) is 0. The first kappa shape index (κ1) is 24.9. The molecule has 0 amide bonds. The molecule has 0 aromatic heterocycles. The Morgan fingerprint density at radius 1 is 0.741 bits per heavy atom. The number of aliphatic hydroxyl groups is 2. The molecule has 0 saturated heterocycles.